The predicted molar refractivity (Wildman–Crippen MR) is 80.4 cm³/mol. The summed E-state index contributed by atoms with van der Waals surface area (Å²) in [5.41, 5.74) is 0.792. The van der Waals surface area contributed by atoms with Gasteiger partial charge in [-0.15, -0.1) is 22.7 Å². The Morgan fingerprint density at radius 3 is 2.75 bits per heavy atom. The fraction of sp³-hybridized carbons (Fsp3) is 0.417. The van der Waals surface area contributed by atoms with E-state index in [2.05, 4.69) is 9.71 Å². The first-order chi connectivity index (χ1) is 9.47. The van der Waals surface area contributed by atoms with Crippen molar-refractivity contribution in [2.75, 3.05) is 0 Å². The van der Waals surface area contributed by atoms with E-state index in [-0.39, 0.29) is 16.9 Å². The Morgan fingerprint density at radius 1 is 1.50 bits per heavy atom. The van der Waals surface area contributed by atoms with Crippen LogP contribution in [0.3, 0.4) is 0 Å². The highest BCUT2D eigenvalue weighted by Crippen LogP contribution is 2.28. The van der Waals surface area contributed by atoms with Gasteiger partial charge in [-0.1, -0.05) is 6.92 Å². The number of aromatic nitrogens is 1. The fourth-order valence-corrected chi connectivity index (χ4v) is 5.33. The summed E-state index contributed by atoms with van der Waals surface area (Å²) in [6, 6.07) is 1.27. The van der Waals surface area contributed by atoms with E-state index < -0.39 is 10.0 Å². The molecule has 2 heterocycles. The largest absolute Gasteiger partial charge is 0.391 e. The van der Waals surface area contributed by atoms with Crippen molar-refractivity contribution in [3.63, 3.8) is 0 Å². The highest BCUT2D eigenvalue weighted by Gasteiger charge is 2.24. The third-order valence-electron chi connectivity index (χ3n) is 2.86. The van der Waals surface area contributed by atoms with Crippen LogP contribution in [0.1, 0.15) is 34.8 Å². The number of thiazole rings is 1. The maximum absolute atomic E-state index is 12.4. The molecule has 8 heteroatoms. The number of hydrogen-bond donors (Lipinski definition) is 2. The van der Waals surface area contributed by atoms with Gasteiger partial charge in [-0.3, -0.25) is 0 Å². The van der Waals surface area contributed by atoms with Gasteiger partial charge >= 0.3 is 0 Å². The molecule has 20 heavy (non-hydrogen) atoms. The van der Waals surface area contributed by atoms with E-state index >= 15 is 0 Å². The molecular formula is C12H16N2O3S3. The molecule has 110 valence electrons. The molecule has 1 atom stereocenters. The van der Waals surface area contributed by atoms with Crippen molar-refractivity contribution in [1.29, 1.82) is 0 Å². The Hall–Kier alpha value is -0.800. The van der Waals surface area contributed by atoms with Crippen LogP contribution in [0, 0.1) is 6.92 Å². The molecule has 2 N–H and O–H groups in total. The number of thiophene rings is 1. The molecule has 0 aliphatic heterocycles. The number of aryl methyl sites for hydroxylation is 1. The first kappa shape index (κ1) is 15.6. The monoisotopic (exact) mass is 332 g/mol. The summed E-state index contributed by atoms with van der Waals surface area (Å²) in [6.45, 7) is 3.56. The molecule has 5 nitrogen and oxygen atoms in total. The van der Waals surface area contributed by atoms with E-state index in [0.717, 1.165) is 21.9 Å². The van der Waals surface area contributed by atoms with Gasteiger partial charge in [0.1, 0.15) is 9.22 Å². The number of nitrogens with zero attached hydrogens (tertiary/aromatic N) is 1. The lowest BCUT2D eigenvalue weighted by molar-refractivity contribution is 0.285. The molecule has 0 amide bonds. The molecule has 0 radical (unpaired) electrons. The molecule has 0 saturated carbocycles. The van der Waals surface area contributed by atoms with Gasteiger partial charge < -0.3 is 5.11 Å². The fourth-order valence-electron chi connectivity index (χ4n) is 1.74. The summed E-state index contributed by atoms with van der Waals surface area (Å²) < 4.78 is 27.7. The topological polar surface area (TPSA) is 79.3 Å². The Morgan fingerprint density at radius 2 is 2.25 bits per heavy atom. The molecule has 0 fully saturated rings. The average molecular weight is 332 g/mol. The van der Waals surface area contributed by atoms with Crippen LogP contribution in [-0.2, 0) is 16.6 Å². The number of nitrogens with one attached hydrogen (secondary N) is 1. The van der Waals surface area contributed by atoms with Crippen molar-refractivity contribution in [1.82, 2.24) is 9.71 Å². The minimum atomic E-state index is -3.59. The van der Waals surface area contributed by atoms with E-state index in [0.29, 0.717) is 11.3 Å². The third-order valence-corrected chi connectivity index (χ3v) is 6.92. The highest BCUT2D eigenvalue weighted by molar-refractivity contribution is 7.91. The number of aliphatic hydroxyl groups excluding tert-OH is 1. The molecule has 2 aromatic heterocycles. The van der Waals surface area contributed by atoms with Gasteiger partial charge in [0, 0.05) is 16.5 Å². The summed E-state index contributed by atoms with van der Waals surface area (Å²) >= 11 is 2.53. The number of aliphatic hydroxyl groups is 1. The zero-order chi connectivity index (χ0) is 14.8. The number of sulfonamides is 1. The second-order valence-corrected chi connectivity index (χ2v) is 8.29. The van der Waals surface area contributed by atoms with Crippen LogP contribution in [0.2, 0.25) is 0 Å². The highest BCUT2D eigenvalue weighted by atomic mass is 32.2. The maximum atomic E-state index is 12.4. The third kappa shape index (κ3) is 3.26. The molecular weight excluding hydrogens is 316 g/mol. The lowest BCUT2D eigenvalue weighted by Gasteiger charge is -2.13. The molecule has 0 saturated heterocycles. The van der Waals surface area contributed by atoms with Gasteiger partial charge in [-0.25, -0.2) is 18.1 Å². The van der Waals surface area contributed by atoms with Gasteiger partial charge in [0.2, 0.25) is 0 Å². The zero-order valence-electron chi connectivity index (χ0n) is 11.2. The van der Waals surface area contributed by atoms with Gasteiger partial charge in [0.25, 0.3) is 10.0 Å². The van der Waals surface area contributed by atoms with E-state index in [1.165, 1.54) is 11.3 Å². The van der Waals surface area contributed by atoms with Crippen LogP contribution in [0.5, 0.6) is 0 Å². The maximum Gasteiger partial charge on any atom is 0.250 e. The summed E-state index contributed by atoms with van der Waals surface area (Å²) in [6.07, 6.45) is 2.29. The van der Waals surface area contributed by atoms with Crippen molar-refractivity contribution in [2.45, 2.75) is 37.1 Å². The lowest BCUT2D eigenvalue weighted by Crippen LogP contribution is -2.27. The summed E-state index contributed by atoms with van der Waals surface area (Å²) in [5.74, 6) is 0. The van der Waals surface area contributed by atoms with Crippen molar-refractivity contribution in [2.24, 2.45) is 0 Å². The SMILES string of the molecule is CCC(NS(=O)(=O)c1cc(C)c(CO)s1)c1nccs1. The normalized spacial score (nSPS) is 13.6. The average Bonchev–Trinajstić information content (AvgIpc) is 3.05. The second kappa shape index (κ2) is 6.31. The van der Waals surface area contributed by atoms with E-state index in [1.807, 2.05) is 12.3 Å². The van der Waals surface area contributed by atoms with Crippen molar-refractivity contribution < 1.29 is 13.5 Å². The van der Waals surface area contributed by atoms with Gasteiger partial charge in [0.15, 0.2) is 0 Å². The van der Waals surface area contributed by atoms with Crippen LogP contribution < -0.4 is 4.72 Å². The molecule has 1 unspecified atom stereocenters. The second-order valence-electron chi connectivity index (χ2n) is 4.28. The quantitative estimate of drug-likeness (QED) is 0.851. The zero-order valence-corrected chi connectivity index (χ0v) is 13.6. The minimum Gasteiger partial charge on any atom is -0.391 e. The Labute approximate surface area is 126 Å². The van der Waals surface area contributed by atoms with E-state index in [4.69, 9.17) is 5.11 Å². The van der Waals surface area contributed by atoms with Gasteiger partial charge in [-0.05, 0) is 25.0 Å². The van der Waals surface area contributed by atoms with Crippen LogP contribution in [-0.4, -0.2) is 18.5 Å². The first-order valence-electron chi connectivity index (χ1n) is 6.09. The van der Waals surface area contributed by atoms with Crippen molar-refractivity contribution >= 4 is 32.7 Å². The Kier molecular flexibility index (Phi) is 4.92. The predicted octanol–water partition coefficient (Wildman–Crippen LogP) is 2.43. The molecule has 2 aromatic rings. The Bertz CT molecular complexity index is 662. The van der Waals surface area contributed by atoms with E-state index in [9.17, 15) is 8.42 Å². The minimum absolute atomic E-state index is 0.143. The number of hydrogen-bond acceptors (Lipinski definition) is 6. The molecule has 0 bridgehead atoms. The Balaban J connectivity index is 2.25. The summed E-state index contributed by atoms with van der Waals surface area (Å²) in [4.78, 5) is 4.83. The first-order valence-corrected chi connectivity index (χ1v) is 9.27. The number of rotatable bonds is 6. The lowest BCUT2D eigenvalue weighted by atomic mass is 10.3. The van der Waals surface area contributed by atoms with Crippen LogP contribution >= 0.6 is 22.7 Å². The van der Waals surface area contributed by atoms with E-state index in [1.54, 1.807) is 19.2 Å². The van der Waals surface area contributed by atoms with Gasteiger partial charge in [0.05, 0.1) is 12.6 Å². The molecule has 0 aliphatic carbocycles. The van der Waals surface area contributed by atoms with Crippen LogP contribution in [0.15, 0.2) is 21.9 Å². The van der Waals surface area contributed by atoms with Crippen LogP contribution in [0.4, 0.5) is 0 Å². The molecule has 2 rings (SSSR count). The smallest absolute Gasteiger partial charge is 0.250 e. The van der Waals surface area contributed by atoms with Gasteiger partial charge in [-0.2, -0.15) is 0 Å². The summed E-state index contributed by atoms with van der Waals surface area (Å²) in [5, 5.41) is 11.7. The van der Waals surface area contributed by atoms with Crippen molar-refractivity contribution in [3.05, 3.63) is 33.1 Å². The molecule has 0 aliphatic rings. The molecule has 0 aromatic carbocycles. The van der Waals surface area contributed by atoms with Crippen LogP contribution in [0.25, 0.3) is 0 Å². The standard InChI is InChI=1S/C12H16N2O3S3/c1-3-9(12-13-4-5-18-12)14-20(16,17)11-6-8(2)10(7-15)19-11/h4-6,9,14-15H,3,7H2,1-2H3. The summed E-state index contributed by atoms with van der Waals surface area (Å²) in [7, 11) is -3.59. The van der Waals surface area contributed by atoms with Crippen molar-refractivity contribution in [3.8, 4) is 0 Å². The molecule has 0 spiro atoms.